The molecule has 0 atom stereocenters. The molecule has 3 heterocycles. The average molecular weight is 428 g/mol. The number of benzene rings is 1. The van der Waals surface area contributed by atoms with E-state index >= 15 is 0 Å². The van der Waals surface area contributed by atoms with Gasteiger partial charge in [0.05, 0.1) is 11.8 Å². The first-order chi connectivity index (χ1) is 14.6. The maximum Gasteiger partial charge on any atom is 0.124 e. The molecule has 0 N–H and O–H groups in total. The summed E-state index contributed by atoms with van der Waals surface area (Å²) < 4.78 is 5.87. The number of aryl methyl sites for hydroxylation is 1. The minimum Gasteiger partial charge on any atom is -0.491 e. The number of likely N-dealkylation sites (tertiary alicyclic amines) is 2. The van der Waals surface area contributed by atoms with Crippen LogP contribution >= 0.6 is 11.3 Å². The average Bonchev–Trinajstić information content (AvgIpc) is 2.93. The van der Waals surface area contributed by atoms with Crippen LogP contribution in [0.15, 0.2) is 24.3 Å². The zero-order valence-electron chi connectivity index (χ0n) is 18.9. The van der Waals surface area contributed by atoms with Gasteiger partial charge in [0.25, 0.3) is 0 Å². The smallest absolute Gasteiger partial charge is 0.124 e. The molecule has 2 aromatic rings. The predicted molar refractivity (Wildman–Crippen MR) is 126 cm³/mol. The van der Waals surface area contributed by atoms with E-state index < -0.39 is 0 Å². The molecule has 0 aliphatic carbocycles. The number of aromatic nitrogens is 1. The van der Waals surface area contributed by atoms with E-state index in [1.54, 1.807) is 0 Å². The van der Waals surface area contributed by atoms with Crippen LogP contribution in [0.3, 0.4) is 0 Å². The lowest BCUT2D eigenvalue weighted by atomic mass is 10.0. The molecule has 0 saturated carbocycles. The fourth-order valence-electron chi connectivity index (χ4n) is 4.78. The maximum absolute atomic E-state index is 5.87. The second-order valence-corrected chi connectivity index (χ2v) is 10.3. The number of hydrogen-bond donors (Lipinski definition) is 0. The Balaban J connectivity index is 1.35. The first kappa shape index (κ1) is 21.8. The van der Waals surface area contributed by atoms with Gasteiger partial charge in [-0.3, -0.25) is 4.90 Å². The molecule has 30 heavy (non-hydrogen) atoms. The summed E-state index contributed by atoms with van der Waals surface area (Å²) in [7, 11) is 0. The Bertz CT molecular complexity index is 802. The van der Waals surface area contributed by atoms with Crippen molar-refractivity contribution in [2.45, 2.75) is 78.0 Å². The molecule has 1 aromatic carbocycles. The van der Waals surface area contributed by atoms with Crippen LogP contribution in [-0.2, 0) is 6.54 Å². The van der Waals surface area contributed by atoms with Gasteiger partial charge in [0.1, 0.15) is 10.8 Å². The van der Waals surface area contributed by atoms with Crippen molar-refractivity contribution in [1.29, 1.82) is 0 Å². The monoisotopic (exact) mass is 427 g/mol. The van der Waals surface area contributed by atoms with E-state index in [0.29, 0.717) is 0 Å². The highest BCUT2D eigenvalue weighted by Crippen LogP contribution is 2.32. The highest BCUT2D eigenvalue weighted by Gasteiger charge is 2.25. The van der Waals surface area contributed by atoms with Crippen molar-refractivity contribution >= 4 is 11.3 Å². The Kier molecular flexibility index (Phi) is 7.45. The first-order valence-corrected chi connectivity index (χ1v) is 12.6. The van der Waals surface area contributed by atoms with E-state index in [9.17, 15) is 0 Å². The van der Waals surface area contributed by atoms with Crippen LogP contribution in [0.4, 0.5) is 0 Å². The Morgan fingerprint density at radius 2 is 1.80 bits per heavy atom. The number of ether oxygens (including phenoxy) is 1. The van der Waals surface area contributed by atoms with E-state index in [1.807, 2.05) is 17.4 Å². The Morgan fingerprint density at radius 1 is 1.07 bits per heavy atom. The van der Waals surface area contributed by atoms with E-state index in [0.717, 1.165) is 28.9 Å². The lowest BCUT2D eigenvalue weighted by Gasteiger charge is -2.38. The SMILES string of the molecule is Cc1nc(-c2cccc(OC(C)C)c2)sc1CN1CCC(N2CCCCCC2)CC1. The molecule has 5 heteroatoms. The molecule has 0 radical (unpaired) electrons. The maximum atomic E-state index is 5.87. The normalized spacial score (nSPS) is 19.9. The second-order valence-electron chi connectivity index (χ2n) is 9.18. The van der Waals surface area contributed by atoms with Gasteiger partial charge in [-0.25, -0.2) is 4.98 Å². The Morgan fingerprint density at radius 3 is 2.50 bits per heavy atom. The van der Waals surface area contributed by atoms with Crippen molar-refractivity contribution in [2.75, 3.05) is 26.2 Å². The van der Waals surface area contributed by atoms with Crippen molar-refractivity contribution in [2.24, 2.45) is 0 Å². The molecule has 2 aliphatic heterocycles. The van der Waals surface area contributed by atoms with Gasteiger partial charge in [0, 0.05) is 36.1 Å². The standard InChI is InChI=1S/C25H37N3OS/c1-19(2)29-23-10-8-9-21(17-23)25-26-20(3)24(30-25)18-27-15-11-22(12-16-27)28-13-6-4-5-7-14-28/h8-10,17,19,22H,4-7,11-16,18H2,1-3H3. The minimum absolute atomic E-state index is 0.186. The summed E-state index contributed by atoms with van der Waals surface area (Å²) in [6.45, 7) is 12.4. The van der Waals surface area contributed by atoms with E-state index in [1.165, 1.54) is 75.3 Å². The molecule has 4 rings (SSSR count). The number of rotatable bonds is 6. The number of nitrogens with zero attached hydrogens (tertiary/aromatic N) is 3. The molecular formula is C25H37N3OS. The fraction of sp³-hybridized carbons (Fsp3) is 0.640. The van der Waals surface area contributed by atoms with Gasteiger partial charge in [0.15, 0.2) is 0 Å². The van der Waals surface area contributed by atoms with Crippen LogP contribution in [0, 0.1) is 6.92 Å². The molecular weight excluding hydrogens is 390 g/mol. The largest absolute Gasteiger partial charge is 0.491 e. The van der Waals surface area contributed by atoms with Crippen molar-refractivity contribution in [3.8, 4) is 16.3 Å². The molecule has 0 spiro atoms. The van der Waals surface area contributed by atoms with E-state index in [2.05, 4.69) is 48.8 Å². The molecule has 0 amide bonds. The Hall–Kier alpha value is -1.43. The van der Waals surface area contributed by atoms with Gasteiger partial charge in [0.2, 0.25) is 0 Å². The number of piperidine rings is 1. The third-order valence-electron chi connectivity index (χ3n) is 6.43. The summed E-state index contributed by atoms with van der Waals surface area (Å²) in [6, 6.07) is 9.16. The van der Waals surface area contributed by atoms with Crippen molar-refractivity contribution < 1.29 is 4.74 Å². The summed E-state index contributed by atoms with van der Waals surface area (Å²) in [6.07, 6.45) is 8.47. The lowest BCUT2D eigenvalue weighted by molar-refractivity contribution is 0.108. The van der Waals surface area contributed by atoms with Gasteiger partial charge in [-0.15, -0.1) is 11.3 Å². The summed E-state index contributed by atoms with van der Waals surface area (Å²) in [5.74, 6) is 0.924. The third kappa shape index (κ3) is 5.63. The first-order valence-electron chi connectivity index (χ1n) is 11.8. The van der Waals surface area contributed by atoms with Crippen LogP contribution in [0.2, 0.25) is 0 Å². The Labute approximate surface area is 186 Å². The summed E-state index contributed by atoms with van der Waals surface area (Å²) in [5.41, 5.74) is 2.34. The topological polar surface area (TPSA) is 28.6 Å². The number of hydrogen-bond acceptors (Lipinski definition) is 5. The van der Waals surface area contributed by atoms with Crippen LogP contribution in [0.1, 0.15) is 62.9 Å². The fourth-order valence-corrected chi connectivity index (χ4v) is 5.88. The molecule has 164 valence electrons. The minimum atomic E-state index is 0.186. The van der Waals surface area contributed by atoms with Gasteiger partial charge in [-0.1, -0.05) is 25.0 Å². The molecule has 0 bridgehead atoms. The number of thiazole rings is 1. The molecule has 2 fully saturated rings. The molecule has 1 aromatic heterocycles. The van der Waals surface area contributed by atoms with Gasteiger partial charge in [-0.2, -0.15) is 0 Å². The summed E-state index contributed by atoms with van der Waals surface area (Å²) in [5, 5.41) is 1.11. The quantitative estimate of drug-likeness (QED) is 0.587. The molecule has 2 aliphatic rings. The van der Waals surface area contributed by atoms with Crippen molar-refractivity contribution in [3.05, 3.63) is 34.8 Å². The van der Waals surface area contributed by atoms with Crippen molar-refractivity contribution in [3.63, 3.8) is 0 Å². The molecule has 0 unspecified atom stereocenters. The summed E-state index contributed by atoms with van der Waals surface area (Å²) in [4.78, 5) is 11.7. The third-order valence-corrected chi connectivity index (χ3v) is 7.62. The van der Waals surface area contributed by atoms with E-state index in [4.69, 9.17) is 9.72 Å². The van der Waals surface area contributed by atoms with Gasteiger partial charge < -0.3 is 9.64 Å². The highest BCUT2D eigenvalue weighted by atomic mass is 32.1. The zero-order valence-corrected chi connectivity index (χ0v) is 19.7. The highest BCUT2D eigenvalue weighted by molar-refractivity contribution is 7.15. The van der Waals surface area contributed by atoms with Gasteiger partial charge >= 0.3 is 0 Å². The van der Waals surface area contributed by atoms with Crippen LogP contribution < -0.4 is 4.74 Å². The predicted octanol–water partition coefficient (Wildman–Crippen LogP) is 5.75. The van der Waals surface area contributed by atoms with E-state index in [-0.39, 0.29) is 6.10 Å². The molecule has 4 nitrogen and oxygen atoms in total. The zero-order chi connectivity index (χ0) is 20.9. The van der Waals surface area contributed by atoms with Crippen LogP contribution in [0.25, 0.3) is 10.6 Å². The van der Waals surface area contributed by atoms with Crippen LogP contribution in [0.5, 0.6) is 5.75 Å². The van der Waals surface area contributed by atoms with Crippen LogP contribution in [-0.4, -0.2) is 53.1 Å². The van der Waals surface area contributed by atoms with Gasteiger partial charge in [-0.05, 0) is 71.7 Å². The molecule has 2 saturated heterocycles. The van der Waals surface area contributed by atoms with Crippen molar-refractivity contribution in [1.82, 2.24) is 14.8 Å². The second kappa shape index (κ2) is 10.3. The summed E-state index contributed by atoms with van der Waals surface area (Å²) >= 11 is 1.85. The lowest BCUT2D eigenvalue weighted by Crippen LogP contribution is -2.44.